The molecule has 12 heavy (non-hydrogen) atoms. The highest BCUT2D eigenvalue weighted by atomic mass is 16.5. The van der Waals surface area contributed by atoms with Gasteiger partial charge in [-0.15, -0.1) is 0 Å². The molecule has 0 aliphatic carbocycles. The van der Waals surface area contributed by atoms with Crippen molar-refractivity contribution in [3.63, 3.8) is 0 Å². The summed E-state index contributed by atoms with van der Waals surface area (Å²) in [5.41, 5.74) is 5.61. The molecule has 1 rings (SSSR count). The second-order valence-corrected chi connectivity index (χ2v) is 2.13. The molecule has 0 aliphatic heterocycles. The number of hydrogen-bond acceptors (Lipinski definition) is 4. The van der Waals surface area contributed by atoms with Crippen LogP contribution in [0.4, 0.5) is 5.69 Å². The van der Waals surface area contributed by atoms with Crippen molar-refractivity contribution in [2.24, 2.45) is 0 Å². The minimum atomic E-state index is -1.10. The Hall–Kier alpha value is -1.78. The average Bonchev–Trinajstić information content (AvgIpc) is 2.04. The Labute approximate surface area is 68.8 Å². The van der Waals surface area contributed by atoms with Gasteiger partial charge >= 0.3 is 5.97 Å². The molecule has 0 saturated carbocycles. The molecule has 0 aliphatic rings. The van der Waals surface area contributed by atoms with Crippen molar-refractivity contribution in [3.05, 3.63) is 17.8 Å². The summed E-state index contributed by atoms with van der Waals surface area (Å²) in [6.07, 6.45) is 1.34. The van der Waals surface area contributed by atoms with Crippen LogP contribution in [-0.4, -0.2) is 23.2 Å². The Kier molecular flexibility index (Phi) is 2.14. The van der Waals surface area contributed by atoms with E-state index in [2.05, 4.69) is 4.98 Å². The van der Waals surface area contributed by atoms with Crippen LogP contribution in [0.2, 0.25) is 0 Å². The van der Waals surface area contributed by atoms with Crippen molar-refractivity contribution < 1.29 is 14.6 Å². The van der Waals surface area contributed by atoms with Gasteiger partial charge in [-0.3, -0.25) is 0 Å². The van der Waals surface area contributed by atoms with E-state index >= 15 is 0 Å². The second kappa shape index (κ2) is 3.08. The van der Waals surface area contributed by atoms with Gasteiger partial charge in [0.25, 0.3) is 0 Å². The molecule has 1 aromatic rings. The lowest BCUT2D eigenvalue weighted by Crippen LogP contribution is -2.03. The highest BCUT2D eigenvalue weighted by molar-refractivity contribution is 5.91. The number of nitrogen functional groups attached to an aromatic ring is 1. The van der Waals surface area contributed by atoms with Gasteiger partial charge in [0.15, 0.2) is 0 Å². The summed E-state index contributed by atoms with van der Waals surface area (Å²) in [7, 11) is 1.35. The molecule has 0 radical (unpaired) electrons. The fourth-order valence-electron chi connectivity index (χ4n) is 0.784. The molecule has 3 N–H and O–H groups in total. The fourth-order valence-corrected chi connectivity index (χ4v) is 0.784. The number of hydrogen-bond donors (Lipinski definition) is 2. The van der Waals surface area contributed by atoms with Gasteiger partial charge in [0.1, 0.15) is 5.56 Å². The summed E-state index contributed by atoms with van der Waals surface area (Å²) < 4.78 is 4.71. The second-order valence-electron chi connectivity index (χ2n) is 2.13. The monoisotopic (exact) mass is 168 g/mol. The average molecular weight is 168 g/mol. The zero-order chi connectivity index (χ0) is 9.14. The van der Waals surface area contributed by atoms with E-state index in [0.717, 1.165) is 0 Å². The normalized spacial score (nSPS) is 9.42. The first-order valence-corrected chi connectivity index (χ1v) is 3.18. The van der Waals surface area contributed by atoms with Crippen LogP contribution in [0.3, 0.4) is 0 Å². The molecule has 0 saturated heterocycles. The molecule has 0 spiro atoms. The summed E-state index contributed by atoms with van der Waals surface area (Å²) in [5.74, 6) is -1.04. The van der Waals surface area contributed by atoms with Crippen LogP contribution in [-0.2, 0) is 0 Å². The molecule has 64 valence electrons. The number of nitrogens with zero attached hydrogens (tertiary/aromatic N) is 1. The standard InChI is InChI=1S/C7H8N2O3/c1-12-6-5(7(10)11)2-4(8)3-9-6/h2-3H,8H2,1H3,(H,10,11). The first kappa shape index (κ1) is 8.32. The zero-order valence-electron chi connectivity index (χ0n) is 6.44. The van der Waals surface area contributed by atoms with Gasteiger partial charge in [0, 0.05) is 0 Å². The molecular formula is C7H8N2O3. The van der Waals surface area contributed by atoms with Crippen LogP contribution in [0.25, 0.3) is 0 Å². The van der Waals surface area contributed by atoms with Crippen molar-refractivity contribution in [2.45, 2.75) is 0 Å². The van der Waals surface area contributed by atoms with Gasteiger partial charge in [0.05, 0.1) is 19.0 Å². The number of carboxylic acids is 1. The zero-order valence-corrected chi connectivity index (χ0v) is 6.44. The number of anilines is 1. The van der Waals surface area contributed by atoms with E-state index in [0.29, 0.717) is 5.69 Å². The van der Waals surface area contributed by atoms with Crippen LogP contribution >= 0.6 is 0 Å². The van der Waals surface area contributed by atoms with E-state index in [-0.39, 0.29) is 11.4 Å². The van der Waals surface area contributed by atoms with Crippen LogP contribution in [0, 0.1) is 0 Å². The molecule has 0 amide bonds. The lowest BCUT2D eigenvalue weighted by molar-refractivity contribution is 0.0692. The maximum absolute atomic E-state index is 10.6. The molecule has 0 unspecified atom stereocenters. The third-order valence-corrected chi connectivity index (χ3v) is 1.30. The van der Waals surface area contributed by atoms with E-state index in [1.165, 1.54) is 19.4 Å². The Balaban J connectivity index is 3.21. The summed E-state index contributed by atoms with van der Waals surface area (Å²) in [5, 5.41) is 8.65. The molecule has 0 bridgehead atoms. The lowest BCUT2D eigenvalue weighted by atomic mass is 10.2. The van der Waals surface area contributed by atoms with Crippen molar-refractivity contribution in [2.75, 3.05) is 12.8 Å². The maximum atomic E-state index is 10.6. The van der Waals surface area contributed by atoms with Gasteiger partial charge in [-0.05, 0) is 6.07 Å². The Morgan fingerprint density at radius 2 is 2.42 bits per heavy atom. The number of ether oxygens (including phenoxy) is 1. The minimum Gasteiger partial charge on any atom is -0.480 e. The third-order valence-electron chi connectivity index (χ3n) is 1.30. The smallest absolute Gasteiger partial charge is 0.341 e. The van der Waals surface area contributed by atoms with Crippen molar-refractivity contribution >= 4 is 11.7 Å². The minimum absolute atomic E-state index is 0.0301. The van der Waals surface area contributed by atoms with Gasteiger partial charge in [-0.2, -0.15) is 0 Å². The van der Waals surface area contributed by atoms with E-state index in [9.17, 15) is 4.79 Å². The number of methoxy groups -OCH3 is 1. The summed E-state index contributed by atoms with van der Waals surface area (Å²) in [6.45, 7) is 0. The van der Waals surface area contributed by atoms with Crippen molar-refractivity contribution in [3.8, 4) is 5.88 Å². The first-order valence-electron chi connectivity index (χ1n) is 3.18. The highest BCUT2D eigenvalue weighted by Gasteiger charge is 2.11. The van der Waals surface area contributed by atoms with E-state index in [4.69, 9.17) is 15.6 Å². The van der Waals surface area contributed by atoms with E-state index < -0.39 is 5.97 Å². The Morgan fingerprint density at radius 1 is 1.75 bits per heavy atom. The Morgan fingerprint density at radius 3 is 2.92 bits per heavy atom. The van der Waals surface area contributed by atoms with E-state index in [1.807, 2.05) is 0 Å². The van der Waals surface area contributed by atoms with Crippen LogP contribution in [0.1, 0.15) is 10.4 Å². The van der Waals surface area contributed by atoms with Gasteiger partial charge < -0.3 is 15.6 Å². The molecule has 0 atom stereocenters. The highest BCUT2D eigenvalue weighted by Crippen LogP contribution is 2.16. The first-order chi connectivity index (χ1) is 5.65. The number of carbonyl (C=O) groups is 1. The van der Waals surface area contributed by atoms with Gasteiger partial charge in [-0.1, -0.05) is 0 Å². The predicted octanol–water partition coefficient (Wildman–Crippen LogP) is 0.371. The van der Waals surface area contributed by atoms with Crippen molar-refractivity contribution in [1.82, 2.24) is 4.98 Å². The van der Waals surface area contributed by atoms with E-state index in [1.54, 1.807) is 0 Å². The molecular weight excluding hydrogens is 160 g/mol. The number of carboxylic acid groups (broad SMARTS) is 1. The fraction of sp³-hybridized carbons (Fsp3) is 0.143. The van der Waals surface area contributed by atoms with Crippen LogP contribution in [0.15, 0.2) is 12.3 Å². The number of nitrogens with two attached hydrogens (primary N) is 1. The molecule has 1 heterocycles. The third kappa shape index (κ3) is 1.45. The molecule has 0 fully saturated rings. The molecule has 5 nitrogen and oxygen atoms in total. The molecule has 0 aromatic carbocycles. The topological polar surface area (TPSA) is 85.4 Å². The predicted molar refractivity (Wildman–Crippen MR) is 42.2 cm³/mol. The van der Waals surface area contributed by atoms with Gasteiger partial charge in [0.2, 0.25) is 5.88 Å². The number of rotatable bonds is 2. The van der Waals surface area contributed by atoms with Crippen molar-refractivity contribution in [1.29, 1.82) is 0 Å². The number of aromatic carboxylic acids is 1. The Bertz CT molecular complexity index is 312. The van der Waals surface area contributed by atoms with Gasteiger partial charge in [-0.25, -0.2) is 9.78 Å². The SMILES string of the molecule is COc1ncc(N)cc1C(=O)O. The number of aromatic nitrogens is 1. The molecule has 1 aromatic heterocycles. The summed E-state index contributed by atoms with van der Waals surface area (Å²) >= 11 is 0. The quantitative estimate of drug-likeness (QED) is 0.666. The van der Waals surface area contributed by atoms with Crippen LogP contribution in [0.5, 0.6) is 5.88 Å². The van der Waals surface area contributed by atoms with Crippen LogP contribution < -0.4 is 10.5 Å². The summed E-state index contributed by atoms with van der Waals surface area (Å²) in [4.78, 5) is 14.2. The number of pyridine rings is 1. The summed E-state index contributed by atoms with van der Waals surface area (Å²) in [6, 6.07) is 1.30. The largest absolute Gasteiger partial charge is 0.480 e. The lowest BCUT2D eigenvalue weighted by Gasteiger charge is -2.02. The molecule has 5 heteroatoms. The maximum Gasteiger partial charge on any atom is 0.341 e.